The van der Waals surface area contributed by atoms with E-state index < -0.39 is 11.4 Å². The molecule has 6 rings (SSSR count). The Morgan fingerprint density at radius 1 is 0.861 bits per heavy atom. The largest absolute Gasteiger partial charge is 0.301 e. The Balaban J connectivity index is 1.45. The first kappa shape index (κ1) is 21.7. The van der Waals surface area contributed by atoms with Crippen LogP contribution in [0.3, 0.4) is 0 Å². The number of halogens is 1. The van der Waals surface area contributed by atoms with Gasteiger partial charge in [-0.3, -0.25) is 14.8 Å². The second-order valence-electron chi connectivity index (χ2n) is 8.59. The van der Waals surface area contributed by atoms with Gasteiger partial charge in [-0.05, 0) is 61.4 Å². The molecule has 0 amide bonds. The van der Waals surface area contributed by atoms with Gasteiger partial charge in [0.2, 0.25) is 0 Å². The average molecular weight is 478 g/mol. The van der Waals surface area contributed by atoms with Crippen molar-refractivity contribution in [3.63, 3.8) is 0 Å². The molecule has 0 N–H and O–H groups in total. The van der Waals surface area contributed by atoms with Crippen LogP contribution >= 0.6 is 0 Å². The Kier molecular flexibility index (Phi) is 5.10. The highest BCUT2D eigenvalue weighted by molar-refractivity contribution is 5.89. The molecule has 9 heteroatoms. The average Bonchev–Trinajstić information content (AvgIpc) is 3.23. The van der Waals surface area contributed by atoms with E-state index in [4.69, 9.17) is 0 Å². The fraction of sp³-hybridized carbons (Fsp3) is 0.111. The van der Waals surface area contributed by atoms with Gasteiger partial charge in [0.25, 0.3) is 0 Å². The number of rotatable bonds is 4. The number of fused-ring (bicyclic) bond motifs is 3. The molecule has 176 valence electrons. The smallest absolute Gasteiger partial charge is 0.265 e. The molecule has 8 nitrogen and oxygen atoms in total. The molecular weight excluding hydrogens is 457 g/mol. The highest BCUT2D eigenvalue weighted by atomic mass is 19.1. The minimum absolute atomic E-state index is 0.0898. The van der Waals surface area contributed by atoms with E-state index in [0.717, 1.165) is 27.2 Å². The van der Waals surface area contributed by atoms with Crippen molar-refractivity contribution in [3.05, 3.63) is 106 Å². The third-order valence-corrected chi connectivity index (χ3v) is 6.09. The van der Waals surface area contributed by atoms with E-state index >= 15 is 0 Å². The lowest BCUT2D eigenvalue weighted by Gasteiger charge is -2.11. The van der Waals surface area contributed by atoms with Crippen LogP contribution in [-0.4, -0.2) is 34.5 Å². The van der Waals surface area contributed by atoms with Crippen LogP contribution in [0.15, 0.2) is 78.0 Å². The standard InChI is InChI=1S/C27H20FN7O/c1-16-5-3-7-22(23(16)28)35-27(36)25-24(33-35)20-6-4-12-29-26(20)34(32-25)15-18-9-11-21(31-13-18)19-10-8-17(2)30-14-19/h3-14H,15H2,1-2H3. The van der Waals surface area contributed by atoms with Crippen LogP contribution in [0.2, 0.25) is 0 Å². The van der Waals surface area contributed by atoms with Crippen LogP contribution in [0.1, 0.15) is 16.8 Å². The number of aromatic nitrogens is 7. The summed E-state index contributed by atoms with van der Waals surface area (Å²) in [5, 5.41) is 9.68. The molecule has 0 fully saturated rings. The van der Waals surface area contributed by atoms with Crippen molar-refractivity contribution >= 4 is 11.0 Å². The number of benzene rings is 1. The zero-order valence-electron chi connectivity index (χ0n) is 19.6. The van der Waals surface area contributed by atoms with E-state index in [-0.39, 0.29) is 11.4 Å². The molecule has 0 atom stereocenters. The van der Waals surface area contributed by atoms with E-state index in [1.165, 1.54) is 6.07 Å². The summed E-state index contributed by atoms with van der Waals surface area (Å²) in [5.74, 6) is -0.493. The van der Waals surface area contributed by atoms with Gasteiger partial charge in [0.05, 0.1) is 12.2 Å². The molecule has 0 aliphatic carbocycles. The van der Waals surface area contributed by atoms with Crippen LogP contribution in [0, 0.1) is 19.7 Å². The van der Waals surface area contributed by atoms with E-state index in [9.17, 15) is 9.18 Å². The van der Waals surface area contributed by atoms with E-state index in [0.29, 0.717) is 28.8 Å². The minimum atomic E-state index is -0.493. The van der Waals surface area contributed by atoms with E-state index in [2.05, 4.69) is 25.1 Å². The normalized spacial score (nSPS) is 11.4. The van der Waals surface area contributed by atoms with Crippen LogP contribution in [0.25, 0.3) is 39.4 Å². The Morgan fingerprint density at radius 2 is 1.75 bits per heavy atom. The molecule has 0 bridgehead atoms. The molecule has 3 aromatic heterocycles. The molecular formula is C27H20FN7O. The zero-order chi connectivity index (χ0) is 24.8. The van der Waals surface area contributed by atoms with Gasteiger partial charge in [-0.1, -0.05) is 18.2 Å². The molecule has 0 saturated heterocycles. The topological polar surface area (TPSA) is 91.4 Å². The Labute approximate surface area is 205 Å². The summed E-state index contributed by atoms with van der Waals surface area (Å²) < 4.78 is 17.5. The maximum Gasteiger partial charge on any atom is 0.301 e. The summed E-state index contributed by atoms with van der Waals surface area (Å²) in [6.45, 7) is 3.92. The van der Waals surface area contributed by atoms with Gasteiger partial charge < -0.3 is 0 Å². The van der Waals surface area contributed by atoms with Crippen LogP contribution in [0.5, 0.6) is 0 Å². The number of hydrogen-bond acceptors (Lipinski definition) is 6. The van der Waals surface area contributed by atoms with Crippen molar-refractivity contribution in [2.45, 2.75) is 20.4 Å². The monoisotopic (exact) mass is 477 g/mol. The van der Waals surface area contributed by atoms with Gasteiger partial charge in [-0.2, -0.15) is 14.9 Å². The third-order valence-electron chi connectivity index (χ3n) is 6.09. The van der Waals surface area contributed by atoms with Crippen LogP contribution < -0.4 is 5.56 Å². The molecule has 1 aromatic carbocycles. The lowest BCUT2D eigenvalue weighted by atomic mass is 10.1. The van der Waals surface area contributed by atoms with Gasteiger partial charge >= 0.3 is 5.56 Å². The molecule has 0 radical (unpaired) electrons. The van der Waals surface area contributed by atoms with Crippen molar-refractivity contribution in [1.29, 1.82) is 0 Å². The van der Waals surface area contributed by atoms with Gasteiger partial charge in [0.15, 0.2) is 17.2 Å². The third kappa shape index (κ3) is 3.61. The SMILES string of the molecule is Cc1ccc(-c2ccc(Cn3nc4c(=O)n(-c5cccc(C)c5F)nc-4c4cccnc43)cn2)cn1. The quantitative estimate of drug-likeness (QED) is 0.375. The molecule has 2 aliphatic rings. The van der Waals surface area contributed by atoms with E-state index in [1.54, 1.807) is 48.4 Å². The van der Waals surface area contributed by atoms with Gasteiger partial charge in [-0.15, -0.1) is 0 Å². The highest BCUT2D eigenvalue weighted by Gasteiger charge is 2.24. The number of pyridine rings is 3. The molecule has 0 saturated carbocycles. The lowest BCUT2D eigenvalue weighted by molar-refractivity contribution is 0.600. The second kappa shape index (κ2) is 8.46. The van der Waals surface area contributed by atoms with Crippen LogP contribution in [-0.2, 0) is 6.54 Å². The Hall–Kier alpha value is -4.79. The summed E-state index contributed by atoms with van der Waals surface area (Å²) in [6.07, 6.45) is 5.23. The van der Waals surface area contributed by atoms with Crippen molar-refractivity contribution < 1.29 is 4.39 Å². The fourth-order valence-corrected chi connectivity index (χ4v) is 4.17. The van der Waals surface area contributed by atoms with Crippen molar-refractivity contribution in [1.82, 2.24) is 34.5 Å². The van der Waals surface area contributed by atoms with Crippen molar-refractivity contribution in [2.24, 2.45) is 0 Å². The summed E-state index contributed by atoms with van der Waals surface area (Å²) >= 11 is 0. The molecule has 2 aliphatic heterocycles. The predicted molar refractivity (Wildman–Crippen MR) is 134 cm³/mol. The summed E-state index contributed by atoms with van der Waals surface area (Å²) in [7, 11) is 0. The molecule has 0 spiro atoms. The molecule has 0 unspecified atom stereocenters. The van der Waals surface area contributed by atoms with Gasteiger partial charge in [-0.25, -0.2) is 14.1 Å². The first-order valence-electron chi connectivity index (χ1n) is 11.4. The van der Waals surface area contributed by atoms with Crippen molar-refractivity contribution in [3.8, 4) is 28.3 Å². The van der Waals surface area contributed by atoms with Crippen molar-refractivity contribution in [2.75, 3.05) is 0 Å². The zero-order valence-corrected chi connectivity index (χ0v) is 19.6. The number of aryl methyl sites for hydroxylation is 2. The number of hydrogen-bond donors (Lipinski definition) is 0. The fourth-order valence-electron chi connectivity index (χ4n) is 4.17. The molecule has 4 aromatic rings. The Bertz CT molecular complexity index is 1760. The first-order chi connectivity index (χ1) is 17.5. The van der Waals surface area contributed by atoms with Gasteiger partial charge in [0.1, 0.15) is 11.4 Å². The maximum atomic E-state index is 14.8. The summed E-state index contributed by atoms with van der Waals surface area (Å²) in [6, 6.07) is 16.3. The second-order valence-corrected chi connectivity index (χ2v) is 8.59. The van der Waals surface area contributed by atoms with Crippen LogP contribution in [0.4, 0.5) is 4.39 Å². The lowest BCUT2D eigenvalue weighted by Crippen LogP contribution is -2.18. The summed E-state index contributed by atoms with van der Waals surface area (Å²) in [4.78, 5) is 26.7. The first-order valence-corrected chi connectivity index (χ1v) is 11.4. The maximum absolute atomic E-state index is 14.8. The summed E-state index contributed by atoms with van der Waals surface area (Å²) in [5.41, 5.74) is 4.67. The number of nitrogens with zero attached hydrogens (tertiary/aromatic N) is 7. The van der Waals surface area contributed by atoms with E-state index in [1.807, 2.05) is 37.3 Å². The predicted octanol–water partition coefficient (Wildman–Crippen LogP) is 4.34. The minimum Gasteiger partial charge on any atom is -0.265 e. The Morgan fingerprint density at radius 3 is 2.53 bits per heavy atom. The molecule has 5 heterocycles. The highest BCUT2D eigenvalue weighted by Crippen LogP contribution is 2.26. The van der Waals surface area contributed by atoms with Gasteiger partial charge in [0, 0.05) is 35.2 Å². The molecule has 36 heavy (non-hydrogen) atoms.